The van der Waals surface area contributed by atoms with Crippen molar-refractivity contribution < 1.29 is 9.59 Å². The Morgan fingerprint density at radius 2 is 1.54 bits per heavy atom. The van der Waals surface area contributed by atoms with Gasteiger partial charge < -0.3 is 10.2 Å². The number of hydrogen-bond acceptors (Lipinski definition) is 2. The smallest absolute Gasteiger partial charge is 0.258 e. The van der Waals surface area contributed by atoms with Crippen LogP contribution < -0.4 is 10.2 Å². The Hall–Kier alpha value is -3.11. The normalized spacial score (nSPS) is 10.2. The van der Waals surface area contributed by atoms with Crippen LogP contribution in [0.2, 0.25) is 5.02 Å². The first-order valence-corrected chi connectivity index (χ1v) is 8.42. The van der Waals surface area contributed by atoms with Crippen LogP contribution >= 0.6 is 11.6 Å². The maximum atomic E-state index is 12.6. The molecule has 0 spiro atoms. The van der Waals surface area contributed by atoms with E-state index in [1.165, 1.54) is 0 Å². The van der Waals surface area contributed by atoms with Gasteiger partial charge in [0.1, 0.15) is 0 Å². The molecule has 0 aliphatic carbocycles. The lowest BCUT2D eigenvalue weighted by Crippen LogP contribution is -2.26. The van der Waals surface area contributed by atoms with E-state index in [2.05, 4.69) is 5.32 Å². The van der Waals surface area contributed by atoms with Crippen LogP contribution in [0.4, 0.5) is 11.4 Å². The molecule has 0 aromatic heterocycles. The highest BCUT2D eigenvalue weighted by Gasteiger charge is 2.13. The number of carbonyl (C=O) groups excluding carboxylic acids is 2. The van der Waals surface area contributed by atoms with Crippen LogP contribution in [0.1, 0.15) is 20.7 Å². The van der Waals surface area contributed by atoms with Gasteiger partial charge in [-0.25, -0.2) is 0 Å². The first-order valence-electron chi connectivity index (χ1n) is 8.05. The van der Waals surface area contributed by atoms with Crippen molar-refractivity contribution in [3.05, 3.63) is 95.0 Å². The predicted molar refractivity (Wildman–Crippen MR) is 105 cm³/mol. The number of rotatable bonds is 4. The molecule has 3 aromatic rings. The summed E-state index contributed by atoms with van der Waals surface area (Å²) in [5.74, 6) is -0.378. The Morgan fingerprint density at radius 3 is 2.19 bits per heavy atom. The van der Waals surface area contributed by atoms with Gasteiger partial charge in [0.15, 0.2) is 0 Å². The quantitative estimate of drug-likeness (QED) is 0.718. The van der Waals surface area contributed by atoms with E-state index in [0.717, 1.165) is 5.69 Å². The van der Waals surface area contributed by atoms with E-state index in [1.54, 1.807) is 60.5 Å². The van der Waals surface area contributed by atoms with Gasteiger partial charge in [-0.3, -0.25) is 9.59 Å². The lowest BCUT2D eigenvalue weighted by Gasteiger charge is -2.17. The van der Waals surface area contributed by atoms with Gasteiger partial charge in [-0.05, 0) is 54.6 Å². The maximum absolute atomic E-state index is 12.6. The number of hydrogen-bond donors (Lipinski definition) is 1. The molecule has 0 aliphatic rings. The minimum atomic E-state index is -0.256. The zero-order chi connectivity index (χ0) is 18.5. The Bertz CT molecular complexity index is 924. The summed E-state index contributed by atoms with van der Waals surface area (Å²) in [5.41, 5.74) is 2.43. The summed E-state index contributed by atoms with van der Waals surface area (Å²) in [6, 6.07) is 22.9. The Labute approximate surface area is 157 Å². The average Bonchev–Trinajstić information content (AvgIpc) is 2.68. The third kappa shape index (κ3) is 4.10. The van der Waals surface area contributed by atoms with Gasteiger partial charge in [0.25, 0.3) is 11.8 Å². The summed E-state index contributed by atoms with van der Waals surface area (Å²) in [5, 5.41) is 3.29. The number of anilines is 2. The van der Waals surface area contributed by atoms with E-state index in [-0.39, 0.29) is 11.8 Å². The monoisotopic (exact) mass is 364 g/mol. The maximum Gasteiger partial charge on any atom is 0.258 e. The second-order valence-corrected chi connectivity index (χ2v) is 6.18. The fraction of sp³-hybridized carbons (Fsp3) is 0.0476. The molecular formula is C21H17ClN2O2. The van der Waals surface area contributed by atoms with Crippen molar-refractivity contribution in [3.63, 3.8) is 0 Å². The molecule has 3 aromatic carbocycles. The summed E-state index contributed by atoms with van der Waals surface area (Å²) in [6.07, 6.45) is 0. The molecule has 130 valence electrons. The van der Waals surface area contributed by atoms with Crippen molar-refractivity contribution in [1.82, 2.24) is 0 Å². The van der Waals surface area contributed by atoms with Crippen LogP contribution in [-0.4, -0.2) is 18.9 Å². The van der Waals surface area contributed by atoms with E-state index in [4.69, 9.17) is 11.6 Å². The highest BCUT2D eigenvalue weighted by Crippen LogP contribution is 2.18. The predicted octanol–water partition coefficient (Wildman–Crippen LogP) is 4.87. The number of amides is 2. The standard InChI is InChI=1S/C21H17ClN2O2/c1-24(19-8-3-2-4-9-19)21(26)15-10-12-18(13-11-15)23-20(25)16-6-5-7-17(22)14-16/h2-14H,1H3,(H,23,25). The van der Waals surface area contributed by atoms with Crippen molar-refractivity contribution in [1.29, 1.82) is 0 Å². The molecule has 1 N–H and O–H groups in total. The van der Waals surface area contributed by atoms with Crippen LogP contribution in [0.5, 0.6) is 0 Å². The van der Waals surface area contributed by atoms with E-state index >= 15 is 0 Å². The lowest BCUT2D eigenvalue weighted by atomic mass is 10.1. The van der Waals surface area contributed by atoms with Crippen molar-refractivity contribution in [2.24, 2.45) is 0 Å². The Balaban J connectivity index is 1.70. The van der Waals surface area contributed by atoms with Gasteiger partial charge >= 0.3 is 0 Å². The molecule has 4 nitrogen and oxygen atoms in total. The van der Waals surface area contributed by atoms with Gasteiger partial charge in [-0.2, -0.15) is 0 Å². The zero-order valence-electron chi connectivity index (χ0n) is 14.1. The number of nitrogens with zero attached hydrogens (tertiary/aromatic N) is 1. The number of benzene rings is 3. The largest absolute Gasteiger partial charge is 0.322 e. The van der Waals surface area contributed by atoms with Crippen LogP contribution in [0, 0.1) is 0 Å². The van der Waals surface area contributed by atoms with Gasteiger partial charge in [-0.15, -0.1) is 0 Å². The topological polar surface area (TPSA) is 49.4 Å². The third-order valence-corrected chi connectivity index (χ3v) is 4.16. The number of para-hydroxylation sites is 1. The molecule has 0 saturated carbocycles. The first-order chi connectivity index (χ1) is 12.5. The van der Waals surface area contributed by atoms with Crippen molar-refractivity contribution in [2.45, 2.75) is 0 Å². The van der Waals surface area contributed by atoms with E-state index < -0.39 is 0 Å². The minimum absolute atomic E-state index is 0.121. The molecule has 2 amide bonds. The van der Waals surface area contributed by atoms with Gasteiger partial charge in [0.2, 0.25) is 0 Å². The molecule has 0 bridgehead atoms. The van der Waals surface area contributed by atoms with E-state index in [0.29, 0.717) is 21.8 Å². The van der Waals surface area contributed by atoms with Crippen molar-refractivity contribution >= 4 is 34.8 Å². The number of carbonyl (C=O) groups is 2. The van der Waals surface area contributed by atoms with Gasteiger partial charge in [0, 0.05) is 34.6 Å². The molecule has 0 fully saturated rings. The molecule has 0 saturated heterocycles. The molecule has 0 atom stereocenters. The van der Waals surface area contributed by atoms with E-state index in [1.807, 2.05) is 30.3 Å². The molecule has 3 rings (SSSR count). The Kier molecular flexibility index (Phi) is 5.34. The van der Waals surface area contributed by atoms with Gasteiger partial charge in [-0.1, -0.05) is 35.9 Å². The van der Waals surface area contributed by atoms with Crippen LogP contribution in [0.15, 0.2) is 78.9 Å². The van der Waals surface area contributed by atoms with Crippen molar-refractivity contribution in [2.75, 3.05) is 17.3 Å². The fourth-order valence-corrected chi connectivity index (χ4v) is 2.68. The molecule has 0 unspecified atom stereocenters. The molecule has 0 radical (unpaired) electrons. The van der Waals surface area contributed by atoms with Crippen LogP contribution in [0.25, 0.3) is 0 Å². The van der Waals surface area contributed by atoms with E-state index in [9.17, 15) is 9.59 Å². The fourth-order valence-electron chi connectivity index (χ4n) is 2.49. The van der Waals surface area contributed by atoms with Crippen LogP contribution in [-0.2, 0) is 0 Å². The number of nitrogens with one attached hydrogen (secondary N) is 1. The third-order valence-electron chi connectivity index (χ3n) is 3.92. The highest BCUT2D eigenvalue weighted by molar-refractivity contribution is 6.31. The summed E-state index contributed by atoms with van der Waals surface area (Å²) < 4.78 is 0. The summed E-state index contributed by atoms with van der Waals surface area (Å²) >= 11 is 5.91. The molecule has 26 heavy (non-hydrogen) atoms. The summed E-state index contributed by atoms with van der Waals surface area (Å²) in [7, 11) is 1.73. The zero-order valence-corrected chi connectivity index (χ0v) is 14.9. The number of halogens is 1. The minimum Gasteiger partial charge on any atom is -0.322 e. The second-order valence-electron chi connectivity index (χ2n) is 5.74. The summed E-state index contributed by atoms with van der Waals surface area (Å²) in [4.78, 5) is 26.4. The molecular weight excluding hydrogens is 348 g/mol. The molecule has 0 aliphatic heterocycles. The van der Waals surface area contributed by atoms with Crippen LogP contribution in [0.3, 0.4) is 0 Å². The molecule has 5 heteroatoms. The SMILES string of the molecule is CN(C(=O)c1ccc(NC(=O)c2cccc(Cl)c2)cc1)c1ccccc1. The van der Waals surface area contributed by atoms with Crippen molar-refractivity contribution in [3.8, 4) is 0 Å². The average molecular weight is 365 g/mol. The lowest BCUT2D eigenvalue weighted by molar-refractivity contribution is 0.0991. The molecule has 0 heterocycles. The first kappa shape index (κ1) is 17.7. The summed E-state index contributed by atoms with van der Waals surface area (Å²) in [6.45, 7) is 0. The second kappa shape index (κ2) is 7.85. The van der Waals surface area contributed by atoms with Gasteiger partial charge in [0.05, 0.1) is 0 Å². The Morgan fingerprint density at radius 1 is 0.846 bits per heavy atom. The highest BCUT2D eigenvalue weighted by atomic mass is 35.5.